The molecular formula is C30H24N4O4. The maximum absolute atomic E-state index is 13.5. The first-order valence-corrected chi connectivity index (χ1v) is 12.1. The standard InChI is InChI=1S/C30H24N4O4/c1-3-9-22-16-20(17-26(36-4-2)28(22)37-15-14-31)19-32-34-29(27-18-21-10-5-8-13-25(21)38-27)33-24-12-7-6-11-23(24)30(34)35/h3,5-8,10-13,16-19H,1,4,9,15H2,2H3. The summed E-state index contributed by atoms with van der Waals surface area (Å²) in [6, 6.07) is 22.2. The van der Waals surface area contributed by atoms with Gasteiger partial charge < -0.3 is 13.9 Å². The number of nitrogens with zero attached hydrogens (tertiary/aromatic N) is 4. The van der Waals surface area contributed by atoms with Gasteiger partial charge in [0.1, 0.15) is 11.7 Å². The fraction of sp³-hybridized carbons (Fsp3) is 0.133. The van der Waals surface area contributed by atoms with E-state index in [1.807, 2.05) is 55.5 Å². The van der Waals surface area contributed by atoms with Gasteiger partial charge in [-0.3, -0.25) is 4.79 Å². The number of fused-ring (bicyclic) bond motifs is 2. The van der Waals surface area contributed by atoms with E-state index in [4.69, 9.17) is 24.1 Å². The smallest absolute Gasteiger partial charge is 0.282 e. The Labute approximate surface area is 218 Å². The van der Waals surface area contributed by atoms with Crippen LogP contribution in [-0.4, -0.2) is 29.1 Å². The molecule has 0 radical (unpaired) electrons. The highest BCUT2D eigenvalue weighted by molar-refractivity contribution is 5.85. The van der Waals surface area contributed by atoms with Crippen molar-refractivity contribution in [3.8, 4) is 29.2 Å². The Bertz CT molecular complexity index is 1740. The zero-order valence-electron chi connectivity index (χ0n) is 20.8. The summed E-state index contributed by atoms with van der Waals surface area (Å²) in [5.74, 6) is 1.67. The van der Waals surface area contributed by atoms with Crippen molar-refractivity contribution in [1.82, 2.24) is 9.66 Å². The molecule has 5 rings (SSSR count). The zero-order valence-corrected chi connectivity index (χ0v) is 20.8. The normalized spacial score (nSPS) is 11.2. The van der Waals surface area contributed by atoms with Crippen LogP contribution in [0.3, 0.4) is 0 Å². The van der Waals surface area contributed by atoms with E-state index in [1.54, 1.807) is 36.6 Å². The van der Waals surface area contributed by atoms with Gasteiger partial charge in [0.05, 0.1) is 23.7 Å². The third-order valence-corrected chi connectivity index (χ3v) is 5.82. The highest BCUT2D eigenvalue weighted by Gasteiger charge is 2.17. The van der Waals surface area contributed by atoms with E-state index < -0.39 is 0 Å². The minimum absolute atomic E-state index is 0.114. The topological polar surface area (TPSA) is 103 Å². The molecule has 0 bridgehead atoms. The van der Waals surface area contributed by atoms with Crippen molar-refractivity contribution in [2.75, 3.05) is 13.2 Å². The number of allylic oxidation sites excluding steroid dienone is 1. The Morgan fingerprint density at radius 1 is 1.13 bits per heavy atom. The van der Waals surface area contributed by atoms with Crippen molar-refractivity contribution in [3.63, 3.8) is 0 Å². The van der Waals surface area contributed by atoms with Gasteiger partial charge in [-0.1, -0.05) is 36.4 Å². The first kappa shape index (κ1) is 24.5. The number of hydrogen-bond acceptors (Lipinski definition) is 7. The van der Waals surface area contributed by atoms with Gasteiger partial charge in [0, 0.05) is 10.9 Å². The average Bonchev–Trinajstić information content (AvgIpc) is 3.37. The molecule has 0 N–H and O–H groups in total. The van der Waals surface area contributed by atoms with E-state index in [9.17, 15) is 4.79 Å². The van der Waals surface area contributed by atoms with Crippen molar-refractivity contribution in [2.45, 2.75) is 13.3 Å². The molecule has 188 valence electrons. The van der Waals surface area contributed by atoms with Crippen LogP contribution >= 0.6 is 0 Å². The molecule has 3 aromatic carbocycles. The minimum Gasteiger partial charge on any atom is -0.490 e. The third-order valence-electron chi connectivity index (χ3n) is 5.82. The van der Waals surface area contributed by atoms with Crippen LogP contribution in [0.15, 0.2) is 93.7 Å². The quantitative estimate of drug-likeness (QED) is 0.188. The van der Waals surface area contributed by atoms with E-state index in [-0.39, 0.29) is 18.0 Å². The molecule has 0 unspecified atom stereocenters. The lowest BCUT2D eigenvalue weighted by Crippen LogP contribution is -2.20. The highest BCUT2D eigenvalue weighted by Crippen LogP contribution is 2.34. The Morgan fingerprint density at radius 2 is 1.95 bits per heavy atom. The van der Waals surface area contributed by atoms with Gasteiger partial charge >= 0.3 is 0 Å². The van der Waals surface area contributed by atoms with Gasteiger partial charge in [-0.15, -0.1) is 6.58 Å². The number of aromatic nitrogens is 2. The fourth-order valence-corrected chi connectivity index (χ4v) is 4.20. The summed E-state index contributed by atoms with van der Waals surface area (Å²) in [7, 11) is 0. The molecule has 2 aromatic heterocycles. The summed E-state index contributed by atoms with van der Waals surface area (Å²) >= 11 is 0. The van der Waals surface area contributed by atoms with Gasteiger partial charge in [0.25, 0.3) is 5.56 Å². The molecule has 38 heavy (non-hydrogen) atoms. The first-order valence-electron chi connectivity index (χ1n) is 12.1. The van der Waals surface area contributed by atoms with Crippen molar-refractivity contribution < 1.29 is 13.9 Å². The minimum atomic E-state index is -0.326. The Kier molecular flexibility index (Phi) is 7.00. The van der Waals surface area contributed by atoms with Crippen molar-refractivity contribution in [1.29, 1.82) is 5.26 Å². The molecular weight excluding hydrogens is 480 g/mol. The third kappa shape index (κ3) is 4.77. The lowest BCUT2D eigenvalue weighted by atomic mass is 10.1. The fourth-order valence-electron chi connectivity index (χ4n) is 4.20. The highest BCUT2D eigenvalue weighted by atomic mass is 16.5. The predicted molar refractivity (Wildman–Crippen MR) is 147 cm³/mol. The Balaban J connectivity index is 1.66. The summed E-state index contributed by atoms with van der Waals surface area (Å²) in [6.07, 6.45) is 3.79. The second-order valence-corrected chi connectivity index (χ2v) is 8.34. The molecule has 0 spiro atoms. The molecule has 0 atom stereocenters. The number of hydrogen-bond donors (Lipinski definition) is 0. The maximum Gasteiger partial charge on any atom is 0.282 e. The largest absolute Gasteiger partial charge is 0.490 e. The SMILES string of the molecule is C=CCc1cc(C=Nn2c(-c3cc4ccccc4o3)nc3ccccc3c2=O)cc(OCC)c1OCC#N. The molecule has 0 aliphatic rings. The molecule has 0 aliphatic heterocycles. The van der Waals surface area contributed by atoms with Crippen LogP contribution < -0.4 is 15.0 Å². The molecule has 0 fully saturated rings. The van der Waals surface area contributed by atoms with Crippen LogP contribution in [0.25, 0.3) is 33.5 Å². The van der Waals surface area contributed by atoms with Gasteiger partial charge in [-0.05, 0) is 55.3 Å². The summed E-state index contributed by atoms with van der Waals surface area (Å²) in [5.41, 5.74) is 2.36. The molecule has 0 saturated heterocycles. The van der Waals surface area contributed by atoms with Crippen molar-refractivity contribution in [2.24, 2.45) is 5.10 Å². The number of ether oxygens (including phenoxy) is 2. The lowest BCUT2D eigenvalue weighted by Gasteiger charge is -2.15. The van der Waals surface area contributed by atoms with E-state index in [2.05, 4.69) is 11.7 Å². The summed E-state index contributed by atoms with van der Waals surface area (Å²) < 4.78 is 18.7. The Hall–Kier alpha value is -5.16. The van der Waals surface area contributed by atoms with Crippen LogP contribution in [0.2, 0.25) is 0 Å². The summed E-state index contributed by atoms with van der Waals surface area (Å²) in [4.78, 5) is 18.3. The van der Waals surface area contributed by atoms with E-state index in [1.165, 1.54) is 4.68 Å². The summed E-state index contributed by atoms with van der Waals surface area (Å²) in [5, 5.41) is 14.9. The van der Waals surface area contributed by atoms with Crippen molar-refractivity contribution in [3.05, 3.63) is 101 Å². The van der Waals surface area contributed by atoms with Crippen LogP contribution in [0.5, 0.6) is 11.5 Å². The monoisotopic (exact) mass is 504 g/mol. The molecule has 0 aliphatic carbocycles. The zero-order chi connectivity index (χ0) is 26.5. The number of rotatable bonds is 9. The second-order valence-electron chi connectivity index (χ2n) is 8.34. The van der Waals surface area contributed by atoms with Crippen LogP contribution in [0.4, 0.5) is 0 Å². The van der Waals surface area contributed by atoms with Gasteiger partial charge in [-0.2, -0.15) is 15.0 Å². The number of para-hydroxylation sites is 2. The second kappa shape index (κ2) is 10.8. The van der Waals surface area contributed by atoms with Crippen LogP contribution in [0, 0.1) is 11.3 Å². The molecule has 0 amide bonds. The molecule has 8 nitrogen and oxygen atoms in total. The van der Waals surface area contributed by atoms with Crippen LogP contribution in [-0.2, 0) is 6.42 Å². The summed E-state index contributed by atoms with van der Waals surface area (Å²) in [6.45, 7) is 5.97. The molecule has 2 heterocycles. The molecule has 5 aromatic rings. The molecule has 8 heteroatoms. The van der Waals surface area contributed by atoms with Gasteiger partial charge in [0.2, 0.25) is 5.82 Å². The van der Waals surface area contributed by atoms with Gasteiger partial charge in [-0.25, -0.2) is 4.98 Å². The Morgan fingerprint density at radius 3 is 2.74 bits per heavy atom. The lowest BCUT2D eigenvalue weighted by molar-refractivity contribution is 0.297. The number of nitriles is 1. The first-order chi connectivity index (χ1) is 18.6. The van der Waals surface area contributed by atoms with Crippen LogP contribution in [0.1, 0.15) is 18.1 Å². The predicted octanol–water partition coefficient (Wildman–Crippen LogP) is 5.72. The van der Waals surface area contributed by atoms with E-state index in [0.717, 1.165) is 10.9 Å². The number of benzene rings is 3. The average molecular weight is 505 g/mol. The van der Waals surface area contributed by atoms with Gasteiger partial charge in [0.15, 0.2) is 23.9 Å². The van der Waals surface area contributed by atoms with Crippen molar-refractivity contribution >= 4 is 28.1 Å². The van der Waals surface area contributed by atoms with E-state index >= 15 is 0 Å². The van der Waals surface area contributed by atoms with E-state index in [0.29, 0.717) is 52.3 Å². The number of furan rings is 1. The maximum atomic E-state index is 13.5. The molecule has 0 saturated carbocycles.